The molecule has 4 rings (SSSR count). The average Bonchev–Trinajstić information content (AvgIpc) is 3.60. The van der Waals surface area contributed by atoms with Gasteiger partial charge in [-0.15, -0.1) is 0 Å². The summed E-state index contributed by atoms with van der Waals surface area (Å²) in [5.41, 5.74) is 0. The van der Waals surface area contributed by atoms with Gasteiger partial charge in [0.2, 0.25) is 0 Å². The third-order valence-corrected chi connectivity index (χ3v) is 13.0. The molecule has 8 nitrogen and oxygen atoms in total. The Labute approximate surface area is 389 Å². The second-order valence-corrected chi connectivity index (χ2v) is 19.7. The molecule has 338 valence electrons. The summed E-state index contributed by atoms with van der Waals surface area (Å²) in [6.45, 7) is 44.5. The average molecular weight is 1050 g/mol. The van der Waals surface area contributed by atoms with Gasteiger partial charge in [-0.05, 0) is 211 Å². The third-order valence-electron chi connectivity index (χ3n) is 11.1. The van der Waals surface area contributed by atoms with Crippen molar-refractivity contribution in [3.63, 3.8) is 0 Å². The molecule has 57 heavy (non-hydrogen) atoms. The van der Waals surface area contributed by atoms with Crippen LogP contribution in [-0.4, -0.2) is 160 Å². The van der Waals surface area contributed by atoms with Crippen LogP contribution in [0.2, 0.25) is 0 Å². The van der Waals surface area contributed by atoms with Gasteiger partial charge >= 0.3 is 0 Å². The maximum Gasteiger partial charge on any atom is 0.172 e. The Morgan fingerprint density at radius 2 is 0.333 bits per heavy atom. The fraction of sp³-hybridized carbons (Fsp3) is 0.909. The first-order chi connectivity index (χ1) is 26.1. The van der Waals surface area contributed by atoms with Crippen molar-refractivity contribution in [1.29, 1.82) is 0 Å². The van der Waals surface area contributed by atoms with E-state index in [-0.39, 0.29) is 21.1 Å². The SMILES string of the molecule is CC(C)N1CCCCN(C(C)C)C1=S.CC(C)N1CCCCN(C(C)C)C1=S.CC(C)N1CCCCN(C(C)C)C1=S.CC(C)N1CCCCN(C(C)C)C1=S.[Pt]. The Hall–Kier alpha value is -0.552. The molecule has 4 heterocycles. The summed E-state index contributed by atoms with van der Waals surface area (Å²) in [7, 11) is 0. The Morgan fingerprint density at radius 3 is 0.404 bits per heavy atom. The molecule has 0 aromatic carbocycles. The van der Waals surface area contributed by atoms with Crippen LogP contribution in [0.3, 0.4) is 0 Å². The summed E-state index contributed by atoms with van der Waals surface area (Å²) in [5, 5.41) is 4.19. The van der Waals surface area contributed by atoms with Crippen molar-refractivity contribution >= 4 is 69.3 Å². The monoisotopic (exact) mass is 1050 g/mol. The molecule has 0 aromatic heterocycles. The van der Waals surface area contributed by atoms with Crippen LogP contribution in [-0.2, 0) is 21.1 Å². The molecule has 0 aromatic rings. The molecule has 0 radical (unpaired) electrons. The summed E-state index contributed by atoms with van der Waals surface area (Å²) < 4.78 is 0. The van der Waals surface area contributed by atoms with Gasteiger partial charge in [0.15, 0.2) is 20.4 Å². The summed E-state index contributed by atoms with van der Waals surface area (Å²) in [4.78, 5) is 18.8. The van der Waals surface area contributed by atoms with E-state index in [1.807, 2.05) is 0 Å². The van der Waals surface area contributed by atoms with E-state index in [1.165, 1.54) is 51.4 Å². The van der Waals surface area contributed by atoms with Crippen LogP contribution in [0.15, 0.2) is 0 Å². The molecular formula is C44H88N8PtS4. The predicted molar refractivity (Wildman–Crippen MR) is 262 cm³/mol. The number of hydrogen-bond donors (Lipinski definition) is 0. The predicted octanol–water partition coefficient (Wildman–Crippen LogP) is 9.94. The Kier molecular flexibility index (Phi) is 28.6. The van der Waals surface area contributed by atoms with Gasteiger partial charge in [-0.25, -0.2) is 0 Å². The normalized spacial score (nSPS) is 19.1. The molecule has 4 fully saturated rings. The number of rotatable bonds is 8. The minimum Gasteiger partial charge on any atom is -0.347 e. The Balaban J connectivity index is 0.000000729. The van der Waals surface area contributed by atoms with Crippen LogP contribution in [0.1, 0.15) is 162 Å². The van der Waals surface area contributed by atoms with Crippen LogP contribution in [0.25, 0.3) is 0 Å². The summed E-state index contributed by atoms with van der Waals surface area (Å²) in [6, 6.07) is 4.24. The zero-order valence-corrected chi connectivity index (χ0v) is 45.0. The van der Waals surface area contributed by atoms with Crippen molar-refractivity contribution in [3.05, 3.63) is 0 Å². The van der Waals surface area contributed by atoms with Crippen molar-refractivity contribution in [3.8, 4) is 0 Å². The zero-order valence-electron chi connectivity index (χ0n) is 39.5. The number of hydrogen-bond acceptors (Lipinski definition) is 4. The zero-order chi connectivity index (χ0) is 42.9. The minimum absolute atomic E-state index is 0. The third kappa shape index (κ3) is 18.9. The van der Waals surface area contributed by atoms with Crippen molar-refractivity contribution in [1.82, 2.24) is 39.2 Å². The second-order valence-electron chi connectivity index (χ2n) is 18.3. The number of nitrogens with zero attached hydrogens (tertiary/aromatic N) is 8. The molecular weight excluding hydrogens is 964 g/mol. The molecule has 0 bridgehead atoms. The molecule has 4 aliphatic heterocycles. The Morgan fingerprint density at radius 1 is 0.246 bits per heavy atom. The van der Waals surface area contributed by atoms with E-state index in [4.69, 9.17) is 48.9 Å². The van der Waals surface area contributed by atoms with E-state index in [0.717, 1.165) is 72.8 Å². The van der Waals surface area contributed by atoms with Gasteiger partial charge in [0, 0.05) is 122 Å². The van der Waals surface area contributed by atoms with Gasteiger partial charge in [0.1, 0.15) is 0 Å². The van der Waals surface area contributed by atoms with E-state index in [2.05, 4.69) is 150 Å². The maximum absolute atomic E-state index is 5.54. The van der Waals surface area contributed by atoms with Crippen LogP contribution in [0.4, 0.5) is 0 Å². The van der Waals surface area contributed by atoms with Gasteiger partial charge < -0.3 is 39.2 Å². The van der Waals surface area contributed by atoms with Crippen molar-refractivity contribution in [2.24, 2.45) is 0 Å². The molecule has 0 aliphatic carbocycles. The Bertz CT molecular complexity index is 909. The van der Waals surface area contributed by atoms with Crippen LogP contribution in [0.5, 0.6) is 0 Å². The molecule has 0 N–H and O–H groups in total. The van der Waals surface area contributed by atoms with Crippen LogP contribution in [0, 0.1) is 0 Å². The first-order valence-electron chi connectivity index (χ1n) is 22.4. The smallest absolute Gasteiger partial charge is 0.172 e. The van der Waals surface area contributed by atoms with E-state index < -0.39 is 0 Å². The largest absolute Gasteiger partial charge is 0.347 e. The number of thiocarbonyl (C=S) groups is 4. The van der Waals surface area contributed by atoms with Gasteiger partial charge in [-0.2, -0.15) is 0 Å². The first kappa shape index (κ1) is 56.4. The molecule has 4 saturated heterocycles. The first-order valence-corrected chi connectivity index (χ1v) is 24.1. The summed E-state index contributed by atoms with van der Waals surface area (Å²) >= 11 is 22.2. The molecule has 0 spiro atoms. The fourth-order valence-electron chi connectivity index (χ4n) is 7.51. The van der Waals surface area contributed by atoms with Crippen molar-refractivity contribution < 1.29 is 21.1 Å². The minimum atomic E-state index is 0. The van der Waals surface area contributed by atoms with E-state index >= 15 is 0 Å². The maximum atomic E-state index is 5.54. The van der Waals surface area contributed by atoms with Crippen molar-refractivity contribution in [2.75, 3.05) is 52.4 Å². The molecule has 4 aliphatic rings. The van der Waals surface area contributed by atoms with E-state index in [9.17, 15) is 0 Å². The fourth-order valence-corrected chi connectivity index (χ4v) is 9.93. The standard InChI is InChI=1S/4C11H22N2S.Pt/c4*1-9(2)12-7-5-6-8-13(10(3)4)11(12)14;/h4*9-10H,5-8H2,1-4H3;. The van der Waals surface area contributed by atoms with Gasteiger partial charge in [-0.1, -0.05) is 0 Å². The summed E-state index contributed by atoms with van der Waals surface area (Å²) in [6.07, 6.45) is 10.1. The molecule has 0 amide bonds. The van der Waals surface area contributed by atoms with Gasteiger partial charge in [-0.3, -0.25) is 0 Å². The molecule has 0 unspecified atom stereocenters. The van der Waals surface area contributed by atoms with E-state index in [0.29, 0.717) is 48.3 Å². The van der Waals surface area contributed by atoms with Crippen LogP contribution < -0.4 is 0 Å². The molecule has 13 heteroatoms. The van der Waals surface area contributed by atoms with E-state index in [1.54, 1.807) is 0 Å². The molecule has 0 saturated carbocycles. The summed E-state index contributed by atoms with van der Waals surface area (Å²) in [5.74, 6) is 0. The molecule has 0 atom stereocenters. The van der Waals surface area contributed by atoms with Crippen molar-refractivity contribution in [2.45, 2.75) is 210 Å². The van der Waals surface area contributed by atoms with Crippen LogP contribution >= 0.6 is 48.9 Å². The quantitative estimate of drug-likeness (QED) is 0.217. The van der Waals surface area contributed by atoms with Gasteiger partial charge in [0.25, 0.3) is 0 Å². The second kappa shape index (κ2) is 28.9. The topological polar surface area (TPSA) is 25.9 Å². The van der Waals surface area contributed by atoms with Gasteiger partial charge in [0.05, 0.1) is 0 Å².